The van der Waals surface area contributed by atoms with Crippen LogP contribution in [0, 0.1) is 18.2 Å². The first-order chi connectivity index (χ1) is 9.35. The number of rotatable bonds is 2. The predicted octanol–water partition coefficient (Wildman–Crippen LogP) is -2.71. The van der Waals surface area contributed by atoms with E-state index in [4.69, 9.17) is 16.3 Å². The van der Waals surface area contributed by atoms with Gasteiger partial charge in [0.1, 0.15) is 12.2 Å². The molecule has 1 aliphatic heterocycles. The summed E-state index contributed by atoms with van der Waals surface area (Å²) in [6.45, 7) is -0.727. The fourth-order valence-electron chi connectivity index (χ4n) is 1.98. The zero-order valence-corrected chi connectivity index (χ0v) is 9.99. The number of H-pyrrole nitrogens is 1. The van der Waals surface area contributed by atoms with E-state index in [1.165, 1.54) is 0 Å². The minimum absolute atomic E-state index is 0.520. The van der Waals surface area contributed by atoms with E-state index in [2.05, 4.69) is 0 Å². The summed E-state index contributed by atoms with van der Waals surface area (Å²) >= 11 is 0. The largest absolute Gasteiger partial charge is 0.394 e. The molecular weight excluding hydrogens is 275 g/mol. The first-order valence-corrected chi connectivity index (χ1v) is 5.50. The number of halogens is 1. The van der Waals surface area contributed by atoms with Crippen molar-refractivity contribution in [2.45, 2.75) is 24.0 Å². The fourth-order valence-corrected chi connectivity index (χ4v) is 1.98. The van der Waals surface area contributed by atoms with E-state index in [0.29, 0.717) is 10.8 Å². The lowest BCUT2D eigenvalue weighted by Gasteiger charge is -2.23. The zero-order chi connectivity index (χ0) is 15.1. The van der Waals surface area contributed by atoms with Crippen molar-refractivity contribution >= 4 is 0 Å². The molecule has 2 rings (SSSR count). The van der Waals surface area contributed by atoms with Crippen molar-refractivity contribution in [2.24, 2.45) is 0 Å². The molecule has 0 spiro atoms. The Hall–Kier alpha value is -1.99. The molecule has 4 atom stereocenters. The number of aromatic nitrogens is 2. The average molecular weight is 286 g/mol. The van der Waals surface area contributed by atoms with E-state index >= 15 is 0 Å². The smallest absolute Gasteiger partial charge is 0.330 e. The van der Waals surface area contributed by atoms with E-state index in [0.717, 1.165) is 0 Å². The Bertz CT molecular complexity index is 677. The quantitative estimate of drug-likeness (QED) is 0.438. The molecule has 0 radical (unpaired) electrons. The van der Waals surface area contributed by atoms with Crippen LogP contribution < -0.4 is 11.2 Å². The van der Waals surface area contributed by atoms with Gasteiger partial charge in [0.25, 0.3) is 5.56 Å². The molecule has 2 heterocycles. The second kappa shape index (κ2) is 4.84. The summed E-state index contributed by atoms with van der Waals surface area (Å²) in [7, 11) is 0. The molecule has 20 heavy (non-hydrogen) atoms. The number of terminal acetylenes is 1. The second-order valence-electron chi connectivity index (χ2n) is 4.26. The number of aliphatic hydroxyl groups is 3. The Labute approximate surface area is 111 Å². The van der Waals surface area contributed by atoms with Gasteiger partial charge in [-0.2, -0.15) is 4.39 Å². The van der Waals surface area contributed by atoms with Gasteiger partial charge in [0.05, 0.1) is 12.8 Å². The lowest BCUT2D eigenvalue weighted by molar-refractivity contribution is -0.0626. The highest BCUT2D eigenvalue weighted by molar-refractivity contribution is 5.19. The van der Waals surface area contributed by atoms with Gasteiger partial charge in [-0.05, 0) is 0 Å². The first-order valence-electron chi connectivity index (χ1n) is 5.50. The zero-order valence-electron chi connectivity index (χ0n) is 9.99. The van der Waals surface area contributed by atoms with Crippen molar-refractivity contribution in [1.82, 2.24) is 9.55 Å². The number of hydrogen-bond acceptors (Lipinski definition) is 6. The van der Waals surface area contributed by atoms with Gasteiger partial charge in [-0.3, -0.25) is 14.3 Å². The summed E-state index contributed by atoms with van der Waals surface area (Å²) < 4.78 is 18.8. The number of hydrogen-bond donors (Lipinski definition) is 4. The van der Waals surface area contributed by atoms with Crippen LogP contribution in [-0.2, 0) is 4.74 Å². The molecule has 108 valence electrons. The summed E-state index contributed by atoms with van der Waals surface area (Å²) in [6.07, 6.45) is 0.892. The predicted molar refractivity (Wildman–Crippen MR) is 62.1 cm³/mol. The fraction of sp³-hybridized carbons (Fsp3) is 0.455. The van der Waals surface area contributed by atoms with Crippen molar-refractivity contribution in [2.75, 3.05) is 6.61 Å². The summed E-state index contributed by atoms with van der Waals surface area (Å²) in [5, 5.41) is 29.0. The van der Waals surface area contributed by atoms with E-state index in [-0.39, 0.29) is 0 Å². The highest BCUT2D eigenvalue weighted by Crippen LogP contribution is 2.35. The standard InChI is InChI=1S/C11H11FN2O6/c1-2-11(19)6(4-15)20-9(7(11)16)14-3-5(12)8(17)13-10(14)18/h1,3,6-7,9,15-16,19H,4H2,(H,13,17,18)/t6-,7+,9-,11-/m1/s1. The molecule has 1 aromatic heterocycles. The molecule has 0 amide bonds. The van der Waals surface area contributed by atoms with Gasteiger partial charge in [0, 0.05) is 0 Å². The van der Waals surface area contributed by atoms with Crippen molar-refractivity contribution in [3.05, 3.63) is 32.9 Å². The van der Waals surface area contributed by atoms with Gasteiger partial charge in [-0.15, -0.1) is 6.42 Å². The topological polar surface area (TPSA) is 125 Å². The van der Waals surface area contributed by atoms with Gasteiger partial charge >= 0.3 is 5.69 Å². The Kier molecular flexibility index (Phi) is 3.49. The molecule has 4 N–H and O–H groups in total. The van der Waals surface area contributed by atoms with Crippen molar-refractivity contribution in [3.63, 3.8) is 0 Å². The van der Waals surface area contributed by atoms with Crippen LogP contribution >= 0.6 is 0 Å². The highest BCUT2D eigenvalue weighted by atomic mass is 19.1. The molecule has 9 heteroatoms. The third kappa shape index (κ3) is 1.95. The normalized spacial score (nSPS) is 33.0. The van der Waals surface area contributed by atoms with Crippen molar-refractivity contribution < 1.29 is 24.4 Å². The summed E-state index contributed by atoms with van der Waals surface area (Å²) in [5.74, 6) is 0.595. The number of ether oxygens (including phenoxy) is 1. The van der Waals surface area contributed by atoms with Crippen LogP contribution in [-0.4, -0.2) is 49.3 Å². The van der Waals surface area contributed by atoms with Crippen molar-refractivity contribution in [1.29, 1.82) is 0 Å². The lowest BCUT2D eigenvalue weighted by Crippen LogP contribution is -2.48. The SMILES string of the molecule is C#C[C@@]1(O)[C@@H](CO)O[C@@H](n2cc(F)c(=O)[nH]c2=O)[C@@H]1O. The first kappa shape index (κ1) is 14.4. The number of aliphatic hydroxyl groups excluding tert-OH is 2. The van der Waals surface area contributed by atoms with Crippen LogP contribution in [0.2, 0.25) is 0 Å². The van der Waals surface area contributed by atoms with Gasteiger partial charge < -0.3 is 20.1 Å². The maximum atomic E-state index is 13.2. The minimum Gasteiger partial charge on any atom is -0.394 e. The summed E-state index contributed by atoms with van der Waals surface area (Å²) in [5.41, 5.74) is -4.53. The molecular formula is C11H11FN2O6. The average Bonchev–Trinajstić information content (AvgIpc) is 2.67. The van der Waals surface area contributed by atoms with E-state index in [1.54, 1.807) is 4.98 Å². The van der Waals surface area contributed by atoms with E-state index in [1.807, 2.05) is 5.92 Å². The third-order valence-electron chi connectivity index (χ3n) is 3.11. The maximum Gasteiger partial charge on any atom is 0.330 e. The Morgan fingerprint density at radius 3 is 2.75 bits per heavy atom. The molecule has 0 bridgehead atoms. The second-order valence-corrected chi connectivity index (χ2v) is 4.26. The van der Waals surface area contributed by atoms with Gasteiger partial charge in [0.15, 0.2) is 11.8 Å². The molecule has 0 unspecified atom stereocenters. The number of nitrogens with zero attached hydrogens (tertiary/aromatic N) is 1. The molecule has 0 saturated carbocycles. The molecule has 1 saturated heterocycles. The molecule has 8 nitrogen and oxygen atoms in total. The Morgan fingerprint density at radius 1 is 1.60 bits per heavy atom. The molecule has 0 aromatic carbocycles. The van der Waals surface area contributed by atoms with E-state index in [9.17, 15) is 24.2 Å². The van der Waals surface area contributed by atoms with Gasteiger partial charge in [0.2, 0.25) is 5.82 Å². The summed E-state index contributed by atoms with van der Waals surface area (Å²) in [4.78, 5) is 24.2. The van der Waals surface area contributed by atoms with Crippen LogP contribution in [0.25, 0.3) is 0 Å². The highest BCUT2D eigenvalue weighted by Gasteiger charge is 2.55. The Balaban J connectivity index is 2.51. The molecule has 1 aromatic rings. The van der Waals surface area contributed by atoms with E-state index < -0.39 is 47.7 Å². The third-order valence-corrected chi connectivity index (χ3v) is 3.11. The number of nitrogens with one attached hydrogen (secondary N) is 1. The maximum absolute atomic E-state index is 13.2. The minimum atomic E-state index is -2.24. The van der Waals surface area contributed by atoms with Crippen LogP contribution in [0.4, 0.5) is 4.39 Å². The van der Waals surface area contributed by atoms with Gasteiger partial charge in [-0.1, -0.05) is 5.92 Å². The Morgan fingerprint density at radius 2 is 2.25 bits per heavy atom. The molecule has 1 aliphatic rings. The lowest BCUT2D eigenvalue weighted by atomic mass is 9.93. The number of aromatic amines is 1. The van der Waals surface area contributed by atoms with Crippen LogP contribution in [0.3, 0.4) is 0 Å². The summed E-state index contributed by atoms with van der Waals surface area (Å²) in [6, 6.07) is 0. The molecule has 1 fully saturated rings. The molecule has 0 aliphatic carbocycles. The van der Waals surface area contributed by atoms with Crippen molar-refractivity contribution in [3.8, 4) is 12.3 Å². The van der Waals surface area contributed by atoms with Crippen LogP contribution in [0.1, 0.15) is 6.23 Å². The van der Waals surface area contributed by atoms with Crippen LogP contribution in [0.5, 0.6) is 0 Å². The monoisotopic (exact) mass is 286 g/mol. The van der Waals surface area contributed by atoms with Crippen LogP contribution in [0.15, 0.2) is 15.8 Å². The van der Waals surface area contributed by atoms with Gasteiger partial charge in [-0.25, -0.2) is 4.79 Å².